The molecule has 0 saturated carbocycles. The summed E-state index contributed by atoms with van der Waals surface area (Å²) in [5.41, 5.74) is 11.7. The number of nitrogens with one attached hydrogen (secondary N) is 1. The van der Waals surface area contributed by atoms with E-state index in [1.807, 2.05) is 36.4 Å². The molecule has 0 bridgehead atoms. The van der Waals surface area contributed by atoms with Gasteiger partial charge in [-0.1, -0.05) is 31.2 Å². The molecule has 0 radical (unpaired) electrons. The van der Waals surface area contributed by atoms with Crippen molar-refractivity contribution in [2.75, 3.05) is 39.6 Å². The largest absolute Gasteiger partial charge is 0.497 e. The van der Waals surface area contributed by atoms with Crippen molar-refractivity contribution in [3.8, 4) is 17.4 Å². The van der Waals surface area contributed by atoms with E-state index < -0.39 is 0 Å². The van der Waals surface area contributed by atoms with Crippen LogP contribution in [0.4, 0.5) is 5.69 Å². The van der Waals surface area contributed by atoms with Crippen LogP contribution in [0.15, 0.2) is 76.3 Å². The molecule has 7 heteroatoms. The standard InChI is InChI=1S/C29H31N3O4/c1-4-13-32-16-20(14-18-5-9-21(34-2)10-6-18)28-23(17-32)26(19-7-11-22(35-3)12-8-19)27-24(30)15-25(33)31-29(27)36-28/h5-12,14-15,26H,4,13,16-17H2,1-3H3,(H3,30,31,33)/b20-14+. The lowest BCUT2D eigenvalue weighted by Gasteiger charge is -2.39. The SMILES string of the molecule is CCCN1CC2=C(Oc3[nH]c(=O)cc(N)c3C2c2ccc(OC)cc2)/C(=C/c2ccc(OC)cc2)C1. The Morgan fingerprint density at radius 1 is 1.06 bits per heavy atom. The minimum Gasteiger partial charge on any atom is -0.497 e. The smallest absolute Gasteiger partial charge is 0.252 e. The number of benzene rings is 2. The van der Waals surface area contributed by atoms with Gasteiger partial charge in [0.15, 0.2) is 0 Å². The van der Waals surface area contributed by atoms with E-state index in [9.17, 15) is 4.79 Å². The second-order valence-electron chi connectivity index (χ2n) is 9.15. The molecule has 0 aliphatic carbocycles. The number of fused-ring (bicyclic) bond motifs is 1. The van der Waals surface area contributed by atoms with E-state index in [1.165, 1.54) is 6.07 Å². The van der Waals surface area contributed by atoms with Gasteiger partial charge >= 0.3 is 0 Å². The van der Waals surface area contributed by atoms with Crippen LogP contribution >= 0.6 is 0 Å². The Kier molecular flexibility index (Phi) is 6.57. The fourth-order valence-corrected chi connectivity index (χ4v) is 5.11. The maximum Gasteiger partial charge on any atom is 0.252 e. The number of nitrogens with zero attached hydrogens (tertiary/aromatic N) is 1. The summed E-state index contributed by atoms with van der Waals surface area (Å²) in [6.07, 6.45) is 3.19. The number of hydrogen-bond acceptors (Lipinski definition) is 6. The van der Waals surface area contributed by atoms with E-state index >= 15 is 0 Å². The number of aromatic nitrogens is 1. The molecule has 1 atom stereocenters. The van der Waals surface area contributed by atoms with Crippen molar-refractivity contribution < 1.29 is 14.2 Å². The lowest BCUT2D eigenvalue weighted by molar-refractivity contribution is 0.272. The van der Waals surface area contributed by atoms with E-state index in [4.69, 9.17) is 19.9 Å². The van der Waals surface area contributed by atoms with Gasteiger partial charge in [-0.15, -0.1) is 0 Å². The van der Waals surface area contributed by atoms with Crippen LogP contribution in [0, 0.1) is 0 Å². The quantitative estimate of drug-likeness (QED) is 0.532. The number of hydrogen-bond donors (Lipinski definition) is 2. The molecule has 2 aromatic carbocycles. The Hall–Kier alpha value is -3.97. The zero-order valence-corrected chi connectivity index (χ0v) is 20.8. The first-order valence-corrected chi connectivity index (χ1v) is 12.2. The molecule has 0 fully saturated rings. The van der Waals surface area contributed by atoms with Crippen LogP contribution in [0.5, 0.6) is 17.4 Å². The molecule has 186 valence electrons. The number of anilines is 1. The van der Waals surface area contributed by atoms with Gasteiger partial charge in [-0.3, -0.25) is 14.7 Å². The third-order valence-electron chi connectivity index (χ3n) is 6.74. The molecule has 3 aromatic rings. The average molecular weight is 486 g/mol. The van der Waals surface area contributed by atoms with Crippen molar-refractivity contribution in [3.63, 3.8) is 0 Å². The second kappa shape index (κ2) is 9.95. The Morgan fingerprint density at radius 2 is 1.72 bits per heavy atom. The van der Waals surface area contributed by atoms with Crippen molar-refractivity contribution >= 4 is 11.8 Å². The van der Waals surface area contributed by atoms with Gasteiger partial charge < -0.3 is 19.9 Å². The number of nitrogens with two attached hydrogens (primary N) is 1. The van der Waals surface area contributed by atoms with Gasteiger partial charge in [0.2, 0.25) is 5.88 Å². The van der Waals surface area contributed by atoms with E-state index in [2.05, 4.69) is 35.0 Å². The molecule has 7 nitrogen and oxygen atoms in total. The van der Waals surface area contributed by atoms with Gasteiger partial charge in [-0.25, -0.2) is 0 Å². The fourth-order valence-electron chi connectivity index (χ4n) is 5.11. The lowest BCUT2D eigenvalue weighted by Crippen LogP contribution is -2.39. The van der Waals surface area contributed by atoms with Crippen LogP contribution in [0.3, 0.4) is 0 Å². The zero-order valence-electron chi connectivity index (χ0n) is 20.8. The highest BCUT2D eigenvalue weighted by Gasteiger charge is 2.38. The normalized spacial score (nSPS) is 18.4. The van der Waals surface area contributed by atoms with Crippen molar-refractivity contribution in [2.24, 2.45) is 0 Å². The van der Waals surface area contributed by atoms with E-state index in [-0.39, 0.29) is 11.5 Å². The predicted octanol–water partition coefficient (Wildman–Crippen LogP) is 4.56. The van der Waals surface area contributed by atoms with Gasteiger partial charge in [0.05, 0.1) is 14.2 Å². The maximum absolute atomic E-state index is 12.3. The first-order valence-electron chi connectivity index (χ1n) is 12.2. The Labute approximate surface area is 210 Å². The number of methoxy groups -OCH3 is 2. The number of H-pyrrole nitrogens is 1. The van der Waals surface area contributed by atoms with Gasteiger partial charge in [-0.05, 0) is 60.0 Å². The highest BCUT2D eigenvalue weighted by atomic mass is 16.5. The van der Waals surface area contributed by atoms with E-state index in [0.717, 1.165) is 71.1 Å². The summed E-state index contributed by atoms with van der Waals surface area (Å²) in [6, 6.07) is 17.4. The number of aromatic amines is 1. The maximum atomic E-state index is 12.3. The minimum absolute atomic E-state index is 0.162. The first kappa shape index (κ1) is 23.8. The van der Waals surface area contributed by atoms with Crippen LogP contribution in [-0.4, -0.2) is 43.7 Å². The fraction of sp³-hybridized carbons (Fsp3) is 0.276. The minimum atomic E-state index is -0.284. The van der Waals surface area contributed by atoms with Gasteiger partial charge in [0.25, 0.3) is 5.56 Å². The molecule has 2 aliphatic rings. The molecule has 3 heterocycles. The van der Waals surface area contributed by atoms with Gasteiger partial charge in [0, 0.05) is 41.9 Å². The Balaban J connectivity index is 1.69. The molecule has 0 saturated heterocycles. The molecule has 36 heavy (non-hydrogen) atoms. The molecular weight excluding hydrogens is 454 g/mol. The summed E-state index contributed by atoms with van der Waals surface area (Å²) < 4.78 is 17.2. The highest BCUT2D eigenvalue weighted by molar-refractivity contribution is 5.67. The Bertz CT molecular complexity index is 1370. The third kappa shape index (κ3) is 4.50. The molecule has 2 aliphatic heterocycles. The Morgan fingerprint density at radius 3 is 2.36 bits per heavy atom. The van der Waals surface area contributed by atoms with Crippen molar-refractivity contribution in [3.05, 3.63) is 98.5 Å². The van der Waals surface area contributed by atoms with Gasteiger partial charge in [-0.2, -0.15) is 0 Å². The summed E-state index contributed by atoms with van der Waals surface area (Å²) in [5, 5.41) is 0. The second-order valence-corrected chi connectivity index (χ2v) is 9.15. The molecule has 5 rings (SSSR count). The van der Waals surface area contributed by atoms with Crippen molar-refractivity contribution in [2.45, 2.75) is 19.3 Å². The van der Waals surface area contributed by atoms with E-state index in [0.29, 0.717) is 11.6 Å². The van der Waals surface area contributed by atoms with Crippen molar-refractivity contribution in [1.29, 1.82) is 0 Å². The van der Waals surface area contributed by atoms with Gasteiger partial charge in [0.1, 0.15) is 17.3 Å². The number of pyridine rings is 1. The zero-order chi connectivity index (χ0) is 25.2. The average Bonchev–Trinajstić information content (AvgIpc) is 2.88. The molecule has 0 spiro atoms. The number of ether oxygens (including phenoxy) is 3. The summed E-state index contributed by atoms with van der Waals surface area (Å²) in [5.74, 6) is 2.64. The summed E-state index contributed by atoms with van der Waals surface area (Å²) in [7, 11) is 3.32. The lowest BCUT2D eigenvalue weighted by atomic mass is 9.79. The number of nitrogen functional groups attached to an aromatic ring is 1. The van der Waals surface area contributed by atoms with Crippen LogP contribution < -0.4 is 25.5 Å². The summed E-state index contributed by atoms with van der Waals surface area (Å²) >= 11 is 0. The molecule has 3 N–H and O–H groups in total. The van der Waals surface area contributed by atoms with Crippen molar-refractivity contribution in [1.82, 2.24) is 9.88 Å². The highest BCUT2D eigenvalue weighted by Crippen LogP contribution is 2.48. The molecular formula is C29H31N3O4. The summed E-state index contributed by atoms with van der Waals surface area (Å²) in [6.45, 7) is 4.64. The predicted molar refractivity (Wildman–Crippen MR) is 142 cm³/mol. The first-order chi connectivity index (χ1) is 17.5. The summed E-state index contributed by atoms with van der Waals surface area (Å²) in [4.78, 5) is 17.7. The number of rotatable bonds is 6. The van der Waals surface area contributed by atoms with Crippen LogP contribution in [0.25, 0.3) is 6.08 Å². The topological polar surface area (TPSA) is 89.8 Å². The van der Waals surface area contributed by atoms with Crippen LogP contribution in [-0.2, 0) is 0 Å². The molecule has 0 amide bonds. The third-order valence-corrected chi connectivity index (χ3v) is 6.74. The molecule has 1 aromatic heterocycles. The monoisotopic (exact) mass is 485 g/mol. The van der Waals surface area contributed by atoms with Crippen LogP contribution in [0.2, 0.25) is 0 Å². The van der Waals surface area contributed by atoms with Crippen LogP contribution in [0.1, 0.15) is 36.0 Å². The molecule has 1 unspecified atom stereocenters. The van der Waals surface area contributed by atoms with E-state index in [1.54, 1.807) is 14.2 Å².